The lowest BCUT2D eigenvalue weighted by atomic mass is 9.75. The van der Waals surface area contributed by atoms with Crippen LogP contribution in [-0.2, 0) is 11.3 Å². The molecular weight excluding hydrogens is 516 g/mol. The Morgan fingerprint density at radius 3 is 2.73 bits per heavy atom. The fourth-order valence-electron chi connectivity index (χ4n) is 6.14. The molecule has 0 saturated heterocycles. The number of thiazole rings is 1. The number of anilines is 1. The van der Waals surface area contributed by atoms with Crippen LogP contribution in [0.25, 0.3) is 0 Å². The average molecular weight is 542 g/mol. The van der Waals surface area contributed by atoms with E-state index in [1.54, 1.807) is 4.57 Å². The van der Waals surface area contributed by atoms with Crippen LogP contribution >= 0.6 is 39.0 Å². The average Bonchev–Trinajstić information content (AvgIpc) is 3.48. The summed E-state index contributed by atoms with van der Waals surface area (Å²) in [4.78, 5) is 27.2. The third-order valence-electron chi connectivity index (χ3n) is 7.54. The van der Waals surface area contributed by atoms with E-state index in [0.29, 0.717) is 11.2 Å². The van der Waals surface area contributed by atoms with Crippen LogP contribution in [0.2, 0.25) is 0 Å². The van der Waals surface area contributed by atoms with E-state index in [1.165, 1.54) is 36.2 Å². The lowest BCUT2D eigenvalue weighted by molar-refractivity contribution is -0.116. The minimum Gasteiger partial charge on any atom is -0.325 e. The van der Waals surface area contributed by atoms with Gasteiger partial charge >= 0.3 is 4.87 Å². The molecule has 6 rings (SSSR count). The summed E-state index contributed by atoms with van der Waals surface area (Å²) in [5, 5.41) is 4.50. The van der Waals surface area contributed by atoms with Gasteiger partial charge in [-0.05, 0) is 73.8 Å². The summed E-state index contributed by atoms with van der Waals surface area (Å²) in [6.07, 6.45) is 3.91. The molecule has 2 heterocycles. The van der Waals surface area contributed by atoms with Gasteiger partial charge in [0.05, 0.1) is 5.03 Å². The van der Waals surface area contributed by atoms with Crippen LogP contribution in [0.5, 0.6) is 0 Å². The standard InChI is InChI=1S/C26H25BrN2O2S2/c1-14-5-9-19(10-6-14)28-20(30)13-29-25-24(33-26(29)31)22(15-3-2-4-18(27)12-15)21-16-7-8-17(11-16)23(21)32-25/h2-6,9-10,12,16-17,21-23H,7-8,11,13H2,1H3,(H,28,30). The second-order valence-electron chi connectivity index (χ2n) is 9.56. The Morgan fingerprint density at radius 1 is 1.15 bits per heavy atom. The highest BCUT2D eigenvalue weighted by Gasteiger charge is 2.55. The van der Waals surface area contributed by atoms with Crippen LogP contribution in [0, 0.1) is 24.7 Å². The molecule has 1 aliphatic heterocycles. The Balaban J connectivity index is 1.37. The van der Waals surface area contributed by atoms with E-state index >= 15 is 0 Å². The summed E-state index contributed by atoms with van der Waals surface area (Å²) in [6.45, 7) is 2.08. The number of amides is 1. The summed E-state index contributed by atoms with van der Waals surface area (Å²) in [6, 6.07) is 16.3. The zero-order valence-corrected chi connectivity index (χ0v) is 21.5. The maximum atomic E-state index is 13.2. The van der Waals surface area contributed by atoms with Crippen molar-refractivity contribution in [1.29, 1.82) is 0 Å². The number of carbonyl (C=O) groups is 1. The number of nitrogens with one attached hydrogen (secondary N) is 1. The van der Waals surface area contributed by atoms with Crippen molar-refractivity contribution < 1.29 is 4.79 Å². The molecule has 0 spiro atoms. The Hall–Kier alpha value is -1.83. The lowest BCUT2D eigenvalue weighted by Gasteiger charge is -2.40. The van der Waals surface area contributed by atoms with Crippen LogP contribution in [0.1, 0.15) is 41.2 Å². The maximum Gasteiger partial charge on any atom is 0.308 e. The van der Waals surface area contributed by atoms with Gasteiger partial charge in [-0.15, -0.1) is 11.8 Å². The summed E-state index contributed by atoms with van der Waals surface area (Å²) in [5.41, 5.74) is 3.19. The first-order valence-corrected chi connectivity index (χ1v) is 14.0. The van der Waals surface area contributed by atoms with E-state index in [-0.39, 0.29) is 23.2 Å². The summed E-state index contributed by atoms with van der Waals surface area (Å²) in [7, 11) is 0. The van der Waals surface area contributed by atoms with Gasteiger partial charge < -0.3 is 5.32 Å². The zero-order chi connectivity index (χ0) is 22.7. The minimum atomic E-state index is -0.156. The normalized spacial score (nSPS) is 27.3. The fraction of sp³-hybridized carbons (Fsp3) is 0.385. The van der Waals surface area contributed by atoms with E-state index in [0.717, 1.165) is 37.5 Å². The number of thioether (sulfide) groups is 1. The minimum absolute atomic E-state index is 0.0288. The van der Waals surface area contributed by atoms with Crippen LogP contribution in [0.15, 0.2) is 62.8 Å². The number of halogens is 1. The molecule has 5 unspecified atom stereocenters. The van der Waals surface area contributed by atoms with Gasteiger partial charge in [-0.1, -0.05) is 57.1 Å². The van der Waals surface area contributed by atoms with Crippen LogP contribution in [-0.4, -0.2) is 15.7 Å². The summed E-state index contributed by atoms with van der Waals surface area (Å²) >= 11 is 6.87. The van der Waals surface area contributed by atoms with Crippen molar-refractivity contribution in [2.45, 2.75) is 48.9 Å². The van der Waals surface area contributed by atoms with Gasteiger partial charge in [-0.25, -0.2) is 0 Å². The molecule has 170 valence electrons. The van der Waals surface area contributed by atoms with Gasteiger partial charge in [0.15, 0.2) is 0 Å². The molecule has 3 aliphatic rings. The molecule has 4 nitrogen and oxygen atoms in total. The first-order chi connectivity index (χ1) is 16.0. The van der Waals surface area contributed by atoms with Gasteiger partial charge in [0.1, 0.15) is 6.54 Å². The van der Waals surface area contributed by atoms with Gasteiger partial charge in [0, 0.05) is 26.2 Å². The van der Waals surface area contributed by atoms with Crippen LogP contribution < -0.4 is 10.2 Å². The number of aromatic nitrogens is 1. The van der Waals surface area contributed by atoms with Crippen LogP contribution in [0.4, 0.5) is 5.69 Å². The molecule has 7 heteroatoms. The van der Waals surface area contributed by atoms with Crippen molar-refractivity contribution >= 4 is 50.6 Å². The predicted octanol–water partition coefficient (Wildman–Crippen LogP) is 6.27. The Bertz CT molecular complexity index is 1280. The molecule has 2 fully saturated rings. The molecule has 1 N–H and O–H groups in total. The SMILES string of the molecule is Cc1ccc(NC(=O)Cn2c3c(sc2=O)C(c2cccc(Br)c2)C2C4CCC(C4)C2S3)cc1. The zero-order valence-electron chi connectivity index (χ0n) is 18.3. The molecule has 0 radical (unpaired) electrons. The molecule has 2 aromatic carbocycles. The first-order valence-electron chi connectivity index (χ1n) is 11.5. The van der Waals surface area contributed by atoms with Gasteiger partial charge in [0.25, 0.3) is 0 Å². The van der Waals surface area contributed by atoms with Crippen molar-refractivity contribution in [1.82, 2.24) is 4.57 Å². The van der Waals surface area contributed by atoms with Crippen molar-refractivity contribution in [2.75, 3.05) is 5.32 Å². The molecule has 2 bridgehead atoms. The van der Waals surface area contributed by atoms with Crippen LogP contribution in [0.3, 0.4) is 0 Å². The highest BCUT2D eigenvalue weighted by molar-refractivity contribution is 9.10. The number of hydrogen-bond acceptors (Lipinski definition) is 4. The van der Waals surface area contributed by atoms with E-state index < -0.39 is 0 Å². The summed E-state index contributed by atoms with van der Waals surface area (Å²) < 4.78 is 2.80. The van der Waals surface area contributed by atoms with Crippen molar-refractivity contribution in [3.05, 3.63) is 78.7 Å². The fourth-order valence-corrected chi connectivity index (χ4v) is 9.71. The first kappa shape index (κ1) is 21.7. The molecule has 5 atom stereocenters. The monoisotopic (exact) mass is 540 g/mol. The smallest absolute Gasteiger partial charge is 0.308 e. The van der Waals surface area contributed by atoms with Crippen molar-refractivity contribution in [3.8, 4) is 0 Å². The topological polar surface area (TPSA) is 51.1 Å². The number of aryl methyl sites for hydroxylation is 1. The van der Waals surface area contributed by atoms with E-state index in [1.807, 2.05) is 43.0 Å². The Kier molecular flexibility index (Phi) is 5.54. The number of hydrogen-bond donors (Lipinski definition) is 1. The number of benzene rings is 2. The molecule has 1 aromatic heterocycles. The second kappa shape index (κ2) is 8.43. The third kappa shape index (κ3) is 3.82. The number of rotatable bonds is 4. The molecular formula is C26H25BrN2O2S2. The third-order valence-corrected chi connectivity index (χ3v) is 10.9. The second-order valence-corrected chi connectivity index (χ2v) is 12.6. The van der Waals surface area contributed by atoms with E-state index in [4.69, 9.17) is 0 Å². The molecule has 33 heavy (non-hydrogen) atoms. The molecule has 2 saturated carbocycles. The van der Waals surface area contributed by atoms with Gasteiger partial charge in [-0.3, -0.25) is 14.2 Å². The largest absolute Gasteiger partial charge is 0.325 e. The lowest BCUT2D eigenvalue weighted by Crippen LogP contribution is -2.34. The van der Waals surface area contributed by atoms with E-state index in [9.17, 15) is 9.59 Å². The summed E-state index contributed by atoms with van der Waals surface area (Å²) in [5.74, 6) is 2.11. The van der Waals surface area contributed by atoms with Gasteiger partial charge in [0.2, 0.25) is 5.91 Å². The molecule has 2 aliphatic carbocycles. The van der Waals surface area contributed by atoms with Crippen molar-refractivity contribution in [2.24, 2.45) is 17.8 Å². The van der Waals surface area contributed by atoms with E-state index in [2.05, 4.69) is 45.5 Å². The Morgan fingerprint density at radius 2 is 1.94 bits per heavy atom. The highest BCUT2D eigenvalue weighted by Crippen LogP contribution is 2.64. The highest BCUT2D eigenvalue weighted by atomic mass is 79.9. The maximum absolute atomic E-state index is 13.2. The number of nitrogens with zero attached hydrogens (tertiary/aromatic N) is 1. The number of fused-ring (bicyclic) bond motifs is 6. The molecule has 3 aromatic rings. The van der Waals surface area contributed by atoms with Crippen molar-refractivity contribution in [3.63, 3.8) is 0 Å². The quantitative estimate of drug-likeness (QED) is 0.424. The predicted molar refractivity (Wildman–Crippen MR) is 138 cm³/mol. The number of carbonyl (C=O) groups excluding carboxylic acids is 1. The van der Waals surface area contributed by atoms with Gasteiger partial charge in [-0.2, -0.15) is 0 Å². The Labute approximate surface area is 209 Å². The molecule has 1 amide bonds.